The van der Waals surface area contributed by atoms with Gasteiger partial charge in [-0.25, -0.2) is 0 Å². The van der Waals surface area contributed by atoms with Crippen molar-refractivity contribution in [1.29, 1.82) is 0 Å². The summed E-state index contributed by atoms with van der Waals surface area (Å²) in [5, 5.41) is 10.2. The molecule has 3 rings (SSSR count). The zero-order valence-electron chi connectivity index (χ0n) is 14.0. The van der Waals surface area contributed by atoms with Crippen LogP contribution in [0.3, 0.4) is 0 Å². The monoisotopic (exact) mass is 343 g/mol. The lowest BCUT2D eigenvalue weighted by molar-refractivity contribution is -0.118. The Morgan fingerprint density at radius 2 is 1.84 bits per heavy atom. The molecule has 0 saturated heterocycles. The number of benzene rings is 1. The lowest BCUT2D eigenvalue weighted by atomic mass is 10.2. The SMILES string of the molecule is COc1ccc(OCC(=O)Nc2nnc(-c3cc(C)oc3C)o2)cc1. The van der Waals surface area contributed by atoms with Crippen molar-refractivity contribution < 1.29 is 23.1 Å². The van der Waals surface area contributed by atoms with Gasteiger partial charge < -0.3 is 18.3 Å². The molecule has 0 saturated carbocycles. The van der Waals surface area contributed by atoms with Gasteiger partial charge in [-0.1, -0.05) is 5.10 Å². The van der Waals surface area contributed by atoms with Crippen molar-refractivity contribution in [3.63, 3.8) is 0 Å². The van der Waals surface area contributed by atoms with Gasteiger partial charge in [-0.15, -0.1) is 5.10 Å². The van der Waals surface area contributed by atoms with Gasteiger partial charge in [-0.05, 0) is 44.2 Å². The van der Waals surface area contributed by atoms with Gasteiger partial charge in [0.25, 0.3) is 11.8 Å². The number of furan rings is 1. The van der Waals surface area contributed by atoms with Crippen molar-refractivity contribution in [3.8, 4) is 23.0 Å². The minimum Gasteiger partial charge on any atom is -0.497 e. The van der Waals surface area contributed by atoms with Crippen LogP contribution in [0.1, 0.15) is 11.5 Å². The van der Waals surface area contributed by atoms with Gasteiger partial charge in [0, 0.05) is 0 Å². The average Bonchev–Trinajstić information content (AvgIpc) is 3.19. The number of carbonyl (C=O) groups excluding carboxylic acids is 1. The van der Waals surface area contributed by atoms with E-state index < -0.39 is 5.91 Å². The summed E-state index contributed by atoms with van der Waals surface area (Å²) in [5.74, 6) is 2.53. The van der Waals surface area contributed by atoms with Crippen LogP contribution >= 0.6 is 0 Å². The highest BCUT2D eigenvalue weighted by molar-refractivity contribution is 5.89. The van der Waals surface area contributed by atoms with Crippen LogP contribution in [0.15, 0.2) is 39.2 Å². The Balaban J connectivity index is 1.57. The molecule has 1 aromatic carbocycles. The predicted octanol–water partition coefficient (Wildman–Crippen LogP) is 2.97. The first-order chi connectivity index (χ1) is 12.0. The third-order valence-corrected chi connectivity index (χ3v) is 3.37. The van der Waals surface area contributed by atoms with Crippen molar-refractivity contribution in [2.45, 2.75) is 13.8 Å². The van der Waals surface area contributed by atoms with Crippen LogP contribution in [-0.2, 0) is 4.79 Å². The molecule has 8 nitrogen and oxygen atoms in total. The van der Waals surface area contributed by atoms with E-state index in [0.29, 0.717) is 22.8 Å². The van der Waals surface area contributed by atoms with Crippen LogP contribution in [-0.4, -0.2) is 29.8 Å². The molecule has 0 spiro atoms. The molecule has 1 amide bonds. The number of amides is 1. The van der Waals surface area contributed by atoms with Crippen LogP contribution in [0.25, 0.3) is 11.5 Å². The first kappa shape index (κ1) is 16.6. The smallest absolute Gasteiger partial charge is 0.322 e. The van der Waals surface area contributed by atoms with Crippen molar-refractivity contribution >= 4 is 11.9 Å². The molecule has 25 heavy (non-hydrogen) atoms. The number of rotatable bonds is 6. The molecule has 8 heteroatoms. The highest BCUT2D eigenvalue weighted by atomic mass is 16.5. The Morgan fingerprint density at radius 3 is 2.48 bits per heavy atom. The summed E-state index contributed by atoms with van der Waals surface area (Å²) in [5.41, 5.74) is 0.694. The highest BCUT2D eigenvalue weighted by Gasteiger charge is 2.16. The predicted molar refractivity (Wildman–Crippen MR) is 88.6 cm³/mol. The fraction of sp³-hybridized carbons (Fsp3) is 0.235. The molecule has 0 unspecified atom stereocenters. The Bertz CT molecular complexity index is 867. The van der Waals surface area contributed by atoms with E-state index in [9.17, 15) is 4.79 Å². The number of hydrogen-bond donors (Lipinski definition) is 1. The number of nitrogens with zero attached hydrogens (tertiary/aromatic N) is 2. The largest absolute Gasteiger partial charge is 0.497 e. The molecule has 2 aromatic heterocycles. The van der Waals surface area contributed by atoms with E-state index in [-0.39, 0.29) is 18.5 Å². The molecule has 3 aromatic rings. The van der Waals surface area contributed by atoms with Crippen molar-refractivity contribution in [3.05, 3.63) is 41.9 Å². The van der Waals surface area contributed by atoms with Gasteiger partial charge in [-0.2, -0.15) is 0 Å². The Morgan fingerprint density at radius 1 is 1.12 bits per heavy atom. The van der Waals surface area contributed by atoms with Crippen LogP contribution < -0.4 is 14.8 Å². The van der Waals surface area contributed by atoms with Gasteiger partial charge in [0.1, 0.15) is 23.0 Å². The molecule has 2 heterocycles. The van der Waals surface area contributed by atoms with Crippen molar-refractivity contribution in [2.24, 2.45) is 0 Å². The van der Waals surface area contributed by atoms with E-state index in [1.165, 1.54) is 0 Å². The quantitative estimate of drug-likeness (QED) is 0.734. The highest BCUT2D eigenvalue weighted by Crippen LogP contribution is 2.26. The third-order valence-electron chi connectivity index (χ3n) is 3.37. The Hall–Kier alpha value is -3.29. The molecular formula is C17H17N3O5. The Labute approximate surface area is 143 Å². The van der Waals surface area contributed by atoms with Gasteiger partial charge in [0.15, 0.2) is 6.61 Å². The standard InChI is InChI=1S/C17H17N3O5/c1-10-8-14(11(2)24-10)16-19-20-17(25-16)18-15(21)9-23-13-6-4-12(22-3)5-7-13/h4-8H,9H2,1-3H3,(H,18,20,21). The van der Waals surface area contributed by atoms with Crippen LogP contribution in [0.2, 0.25) is 0 Å². The van der Waals surface area contributed by atoms with Crippen molar-refractivity contribution in [1.82, 2.24) is 10.2 Å². The maximum atomic E-state index is 11.9. The number of carbonyl (C=O) groups is 1. The molecule has 0 bridgehead atoms. The maximum Gasteiger partial charge on any atom is 0.322 e. The first-order valence-corrected chi connectivity index (χ1v) is 7.53. The van der Waals surface area contributed by atoms with E-state index in [1.54, 1.807) is 44.4 Å². The van der Waals surface area contributed by atoms with Gasteiger partial charge in [0.05, 0.1) is 12.7 Å². The fourth-order valence-corrected chi connectivity index (χ4v) is 2.20. The fourth-order valence-electron chi connectivity index (χ4n) is 2.20. The van der Waals surface area contributed by atoms with Crippen LogP contribution in [0.4, 0.5) is 6.01 Å². The first-order valence-electron chi connectivity index (χ1n) is 7.53. The summed E-state index contributed by atoms with van der Waals surface area (Å²) < 4.78 is 21.3. The second kappa shape index (κ2) is 7.08. The molecule has 130 valence electrons. The topological polar surface area (TPSA) is 99.6 Å². The number of hydrogen-bond acceptors (Lipinski definition) is 7. The average molecular weight is 343 g/mol. The summed E-state index contributed by atoms with van der Waals surface area (Å²) in [6, 6.07) is 8.69. The summed E-state index contributed by atoms with van der Waals surface area (Å²) in [6.45, 7) is 3.44. The van der Waals surface area contributed by atoms with E-state index in [2.05, 4.69) is 15.5 Å². The lowest BCUT2D eigenvalue weighted by Crippen LogP contribution is -2.20. The van der Waals surface area contributed by atoms with Crippen LogP contribution in [0.5, 0.6) is 11.5 Å². The number of methoxy groups -OCH3 is 1. The van der Waals surface area contributed by atoms with Gasteiger partial charge in [-0.3, -0.25) is 10.1 Å². The van der Waals surface area contributed by atoms with E-state index in [1.807, 2.05) is 6.92 Å². The summed E-state index contributed by atoms with van der Waals surface area (Å²) in [7, 11) is 1.58. The van der Waals surface area contributed by atoms with Gasteiger partial charge >= 0.3 is 6.01 Å². The second-order valence-corrected chi connectivity index (χ2v) is 5.25. The zero-order chi connectivity index (χ0) is 17.8. The molecule has 1 N–H and O–H groups in total. The molecule has 0 fully saturated rings. The minimum absolute atomic E-state index is 0.00316. The van der Waals surface area contributed by atoms with Crippen LogP contribution in [0, 0.1) is 13.8 Å². The number of anilines is 1. The summed E-state index contributed by atoms with van der Waals surface area (Å²) >= 11 is 0. The third kappa shape index (κ3) is 3.97. The van der Waals surface area contributed by atoms with Crippen molar-refractivity contribution in [2.75, 3.05) is 19.0 Å². The normalized spacial score (nSPS) is 10.5. The molecule has 0 aliphatic heterocycles. The second-order valence-electron chi connectivity index (χ2n) is 5.25. The van der Waals surface area contributed by atoms with E-state index >= 15 is 0 Å². The molecule has 0 aliphatic rings. The number of ether oxygens (including phenoxy) is 2. The molecule has 0 radical (unpaired) electrons. The molecule has 0 aliphatic carbocycles. The number of aryl methyl sites for hydroxylation is 2. The molecule has 0 atom stereocenters. The van der Waals surface area contributed by atoms with E-state index in [0.717, 1.165) is 5.76 Å². The minimum atomic E-state index is -0.411. The Kier molecular flexibility index (Phi) is 4.69. The zero-order valence-corrected chi connectivity index (χ0v) is 14.0. The number of aromatic nitrogens is 2. The lowest BCUT2D eigenvalue weighted by Gasteiger charge is -2.06. The summed E-state index contributed by atoms with van der Waals surface area (Å²) in [6.07, 6.45) is 0. The van der Waals surface area contributed by atoms with Gasteiger partial charge in [0.2, 0.25) is 0 Å². The summed E-state index contributed by atoms with van der Waals surface area (Å²) in [4.78, 5) is 11.9. The maximum absolute atomic E-state index is 11.9. The molecular weight excluding hydrogens is 326 g/mol. The number of nitrogens with one attached hydrogen (secondary N) is 1. The van der Waals surface area contributed by atoms with E-state index in [4.69, 9.17) is 18.3 Å².